The first-order chi connectivity index (χ1) is 8.69. The molecule has 0 spiro atoms. The molecule has 0 radical (unpaired) electrons. The summed E-state index contributed by atoms with van der Waals surface area (Å²) in [7, 11) is 0. The van der Waals surface area contributed by atoms with Gasteiger partial charge in [-0.1, -0.05) is 12.1 Å². The van der Waals surface area contributed by atoms with Crippen LogP contribution in [-0.2, 0) is 4.74 Å². The number of aliphatic hydroxyl groups excluding tert-OH is 1. The van der Waals surface area contributed by atoms with Crippen LogP contribution >= 0.6 is 0 Å². The Labute approximate surface area is 112 Å². The zero-order valence-corrected chi connectivity index (χ0v) is 11.6. The molecule has 1 amide bonds. The molecule has 19 heavy (non-hydrogen) atoms. The second kappa shape index (κ2) is 6.02. The Morgan fingerprint density at radius 1 is 1.32 bits per heavy atom. The quantitative estimate of drug-likeness (QED) is 0.887. The molecule has 0 fully saturated rings. The van der Waals surface area contributed by atoms with Crippen LogP contribution in [-0.4, -0.2) is 22.8 Å². The summed E-state index contributed by atoms with van der Waals surface area (Å²) in [6.45, 7) is 6.92. The van der Waals surface area contributed by atoms with Crippen LogP contribution in [0, 0.1) is 5.82 Å². The zero-order valence-electron chi connectivity index (χ0n) is 11.6. The number of alkyl carbamates (subject to hydrolysis) is 1. The van der Waals surface area contributed by atoms with Crippen molar-refractivity contribution >= 4 is 6.09 Å². The standard InChI is InChI=1S/C14H20FNO3/c1-9(16-13(18)19-14(2,3)4)12(17)10-5-7-11(15)8-6-10/h5-9,12,17H,1-4H3,(H,16,18). The SMILES string of the molecule is CC(NC(=O)OC(C)(C)C)C(O)c1ccc(F)cc1. The van der Waals surface area contributed by atoms with E-state index < -0.39 is 23.8 Å². The van der Waals surface area contributed by atoms with E-state index in [9.17, 15) is 14.3 Å². The molecule has 0 saturated heterocycles. The number of carbonyl (C=O) groups excluding carboxylic acids is 1. The van der Waals surface area contributed by atoms with Gasteiger partial charge >= 0.3 is 6.09 Å². The number of halogens is 1. The third-order valence-corrected chi connectivity index (χ3v) is 2.43. The molecule has 1 rings (SSSR count). The minimum Gasteiger partial charge on any atom is -0.444 e. The van der Waals surface area contributed by atoms with Crippen LogP contribution in [0.1, 0.15) is 39.4 Å². The highest BCUT2D eigenvalue weighted by molar-refractivity contribution is 5.68. The van der Waals surface area contributed by atoms with Gasteiger partial charge in [-0.25, -0.2) is 9.18 Å². The molecule has 0 heterocycles. The van der Waals surface area contributed by atoms with Crippen molar-refractivity contribution < 1.29 is 19.0 Å². The van der Waals surface area contributed by atoms with Gasteiger partial charge in [-0.15, -0.1) is 0 Å². The average molecular weight is 269 g/mol. The van der Waals surface area contributed by atoms with Gasteiger partial charge in [0.1, 0.15) is 11.4 Å². The van der Waals surface area contributed by atoms with E-state index in [0.29, 0.717) is 5.56 Å². The highest BCUT2D eigenvalue weighted by atomic mass is 19.1. The van der Waals surface area contributed by atoms with Gasteiger partial charge in [-0.3, -0.25) is 0 Å². The largest absolute Gasteiger partial charge is 0.444 e. The van der Waals surface area contributed by atoms with Gasteiger partial charge in [-0.05, 0) is 45.4 Å². The van der Waals surface area contributed by atoms with Gasteiger partial charge in [-0.2, -0.15) is 0 Å². The van der Waals surface area contributed by atoms with Gasteiger partial charge in [0, 0.05) is 0 Å². The first kappa shape index (κ1) is 15.4. The maximum absolute atomic E-state index is 12.8. The number of hydrogen-bond acceptors (Lipinski definition) is 3. The predicted molar refractivity (Wildman–Crippen MR) is 70.2 cm³/mol. The molecule has 0 saturated carbocycles. The van der Waals surface area contributed by atoms with E-state index in [-0.39, 0.29) is 5.82 Å². The Hall–Kier alpha value is -1.62. The van der Waals surface area contributed by atoms with Crippen LogP contribution < -0.4 is 5.32 Å². The number of rotatable bonds is 3. The molecular formula is C14H20FNO3. The molecule has 0 bridgehead atoms. The first-order valence-electron chi connectivity index (χ1n) is 6.12. The topological polar surface area (TPSA) is 58.6 Å². The van der Waals surface area contributed by atoms with Gasteiger partial charge in [0.05, 0.1) is 12.1 Å². The molecule has 1 aromatic rings. The summed E-state index contributed by atoms with van der Waals surface area (Å²) in [5.74, 6) is -0.372. The van der Waals surface area contributed by atoms with E-state index in [1.54, 1.807) is 27.7 Å². The molecular weight excluding hydrogens is 249 g/mol. The molecule has 2 unspecified atom stereocenters. The fraction of sp³-hybridized carbons (Fsp3) is 0.500. The predicted octanol–water partition coefficient (Wildman–Crippen LogP) is 2.77. The molecule has 1 aromatic carbocycles. The summed E-state index contributed by atoms with van der Waals surface area (Å²) in [5.41, 5.74) is -0.0603. The fourth-order valence-electron chi connectivity index (χ4n) is 1.52. The van der Waals surface area contributed by atoms with Crippen LogP contribution in [0.2, 0.25) is 0 Å². The minimum atomic E-state index is -0.923. The lowest BCUT2D eigenvalue weighted by molar-refractivity contribution is 0.0435. The van der Waals surface area contributed by atoms with E-state index in [2.05, 4.69) is 5.32 Å². The number of hydrogen-bond donors (Lipinski definition) is 2. The summed E-state index contributed by atoms with van der Waals surface area (Å²) >= 11 is 0. The number of nitrogens with one attached hydrogen (secondary N) is 1. The van der Waals surface area contributed by atoms with Crippen molar-refractivity contribution in [1.29, 1.82) is 0 Å². The minimum absolute atomic E-state index is 0.372. The maximum atomic E-state index is 12.8. The zero-order chi connectivity index (χ0) is 14.6. The number of amides is 1. The normalized spacial score (nSPS) is 14.6. The Balaban J connectivity index is 2.60. The summed E-state index contributed by atoms with van der Waals surface area (Å²) in [4.78, 5) is 11.6. The number of ether oxygens (including phenoxy) is 1. The van der Waals surface area contributed by atoms with Gasteiger partial charge < -0.3 is 15.2 Å². The Morgan fingerprint density at radius 2 is 1.84 bits per heavy atom. The number of carbonyl (C=O) groups is 1. The van der Waals surface area contributed by atoms with Gasteiger partial charge in [0.15, 0.2) is 0 Å². The van der Waals surface area contributed by atoms with E-state index in [0.717, 1.165) is 0 Å². The van der Waals surface area contributed by atoms with Crippen LogP contribution in [0.25, 0.3) is 0 Å². The molecule has 2 atom stereocenters. The highest BCUT2D eigenvalue weighted by Gasteiger charge is 2.22. The Kier molecular flexibility index (Phi) is 4.89. The monoisotopic (exact) mass is 269 g/mol. The van der Waals surface area contributed by atoms with Crippen LogP contribution in [0.3, 0.4) is 0 Å². The molecule has 0 aromatic heterocycles. The summed E-state index contributed by atoms with van der Waals surface area (Å²) in [6.07, 6.45) is -1.52. The molecule has 0 aliphatic carbocycles. The fourth-order valence-corrected chi connectivity index (χ4v) is 1.52. The third kappa shape index (κ3) is 5.26. The van der Waals surface area contributed by atoms with Crippen LogP contribution in [0.4, 0.5) is 9.18 Å². The molecule has 0 aliphatic rings. The Morgan fingerprint density at radius 3 is 2.32 bits per heavy atom. The summed E-state index contributed by atoms with van der Waals surface area (Å²) < 4.78 is 17.9. The van der Waals surface area contributed by atoms with Crippen molar-refractivity contribution in [3.8, 4) is 0 Å². The van der Waals surface area contributed by atoms with Gasteiger partial charge in [0.2, 0.25) is 0 Å². The Bertz CT molecular complexity index is 425. The van der Waals surface area contributed by atoms with Crippen LogP contribution in [0.5, 0.6) is 0 Å². The van der Waals surface area contributed by atoms with E-state index >= 15 is 0 Å². The first-order valence-corrected chi connectivity index (χ1v) is 6.12. The van der Waals surface area contributed by atoms with Crippen molar-refractivity contribution in [1.82, 2.24) is 5.32 Å². The summed E-state index contributed by atoms with van der Waals surface area (Å²) in [6, 6.07) is 4.94. The highest BCUT2D eigenvalue weighted by Crippen LogP contribution is 2.17. The van der Waals surface area contributed by atoms with Crippen molar-refractivity contribution in [3.63, 3.8) is 0 Å². The lowest BCUT2D eigenvalue weighted by Crippen LogP contribution is -2.40. The van der Waals surface area contributed by atoms with Crippen molar-refractivity contribution in [2.45, 2.75) is 45.4 Å². The van der Waals surface area contributed by atoms with Gasteiger partial charge in [0.25, 0.3) is 0 Å². The smallest absolute Gasteiger partial charge is 0.407 e. The lowest BCUT2D eigenvalue weighted by atomic mass is 10.0. The number of benzene rings is 1. The second-order valence-electron chi connectivity index (χ2n) is 5.43. The molecule has 4 nitrogen and oxygen atoms in total. The molecule has 106 valence electrons. The lowest BCUT2D eigenvalue weighted by Gasteiger charge is -2.24. The van der Waals surface area contributed by atoms with E-state index in [1.807, 2.05) is 0 Å². The van der Waals surface area contributed by atoms with Crippen molar-refractivity contribution in [3.05, 3.63) is 35.6 Å². The van der Waals surface area contributed by atoms with E-state index in [1.165, 1.54) is 24.3 Å². The molecule has 2 N–H and O–H groups in total. The van der Waals surface area contributed by atoms with Crippen molar-refractivity contribution in [2.24, 2.45) is 0 Å². The molecule has 5 heteroatoms. The van der Waals surface area contributed by atoms with Crippen molar-refractivity contribution in [2.75, 3.05) is 0 Å². The van der Waals surface area contributed by atoms with Crippen LogP contribution in [0.15, 0.2) is 24.3 Å². The third-order valence-electron chi connectivity index (χ3n) is 2.43. The molecule has 0 aliphatic heterocycles. The average Bonchev–Trinajstić information content (AvgIpc) is 2.26. The second-order valence-corrected chi connectivity index (χ2v) is 5.43. The maximum Gasteiger partial charge on any atom is 0.407 e. The van der Waals surface area contributed by atoms with E-state index in [4.69, 9.17) is 4.74 Å². The summed E-state index contributed by atoms with van der Waals surface area (Å²) in [5, 5.41) is 12.6. The number of aliphatic hydroxyl groups is 1.